The van der Waals surface area contributed by atoms with Crippen LogP contribution in [0.2, 0.25) is 0 Å². The van der Waals surface area contributed by atoms with E-state index in [9.17, 15) is 4.79 Å². The fraction of sp³-hybridized carbons (Fsp3) is 0.333. The summed E-state index contributed by atoms with van der Waals surface area (Å²) < 4.78 is 0. The Balaban J connectivity index is 1.60. The minimum absolute atomic E-state index is 0.0808. The van der Waals surface area contributed by atoms with E-state index in [2.05, 4.69) is 25.4 Å². The fourth-order valence-corrected chi connectivity index (χ4v) is 2.56. The fourth-order valence-electron chi connectivity index (χ4n) is 2.56. The maximum atomic E-state index is 11.0. The van der Waals surface area contributed by atoms with E-state index >= 15 is 0 Å². The first-order chi connectivity index (χ1) is 10.7. The molecule has 1 aliphatic rings. The number of nitrogens with zero attached hydrogens (tertiary/aromatic N) is 4. The minimum atomic E-state index is -0.999. The van der Waals surface area contributed by atoms with Crippen LogP contribution >= 0.6 is 0 Å². The Morgan fingerprint density at radius 3 is 2.73 bits per heavy atom. The van der Waals surface area contributed by atoms with Gasteiger partial charge in [0.05, 0.1) is 0 Å². The molecular weight excluding hydrogens is 282 g/mol. The second-order valence-electron chi connectivity index (χ2n) is 5.20. The van der Waals surface area contributed by atoms with Crippen LogP contribution in [-0.2, 0) is 0 Å². The van der Waals surface area contributed by atoms with Crippen LogP contribution in [0.3, 0.4) is 0 Å². The van der Waals surface area contributed by atoms with E-state index < -0.39 is 5.97 Å². The molecule has 0 radical (unpaired) electrons. The van der Waals surface area contributed by atoms with Gasteiger partial charge in [-0.1, -0.05) is 6.07 Å². The molecule has 1 fully saturated rings. The van der Waals surface area contributed by atoms with Gasteiger partial charge in [0.2, 0.25) is 0 Å². The molecule has 1 aliphatic heterocycles. The van der Waals surface area contributed by atoms with Crippen LogP contribution < -0.4 is 10.2 Å². The van der Waals surface area contributed by atoms with E-state index in [0.717, 1.165) is 37.6 Å². The first-order valence-corrected chi connectivity index (χ1v) is 7.22. The molecule has 7 nitrogen and oxygen atoms in total. The average molecular weight is 299 g/mol. The van der Waals surface area contributed by atoms with E-state index in [0.29, 0.717) is 6.04 Å². The lowest BCUT2D eigenvalue weighted by Crippen LogP contribution is -2.39. The van der Waals surface area contributed by atoms with Crippen molar-refractivity contribution in [2.24, 2.45) is 0 Å². The number of aromatic nitrogens is 3. The number of hydrogen-bond donors (Lipinski definition) is 2. The maximum Gasteiger partial charge on any atom is 0.354 e. The van der Waals surface area contributed by atoms with Crippen molar-refractivity contribution in [3.63, 3.8) is 0 Å². The van der Waals surface area contributed by atoms with Crippen molar-refractivity contribution >= 4 is 17.6 Å². The maximum absolute atomic E-state index is 11.0. The quantitative estimate of drug-likeness (QED) is 0.887. The normalized spacial score (nSPS) is 15.5. The Hall–Kier alpha value is -2.70. The average Bonchev–Trinajstić information content (AvgIpc) is 2.56. The summed E-state index contributed by atoms with van der Waals surface area (Å²) in [4.78, 5) is 17.3. The molecule has 22 heavy (non-hydrogen) atoms. The Kier molecular flexibility index (Phi) is 4.13. The van der Waals surface area contributed by atoms with Crippen molar-refractivity contribution in [1.29, 1.82) is 0 Å². The van der Waals surface area contributed by atoms with Crippen molar-refractivity contribution in [2.75, 3.05) is 23.3 Å². The molecule has 0 spiro atoms. The van der Waals surface area contributed by atoms with Gasteiger partial charge in [-0.05, 0) is 37.1 Å². The van der Waals surface area contributed by atoms with Gasteiger partial charge in [-0.3, -0.25) is 0 Å². The van der Waals surface area contributed by atoms with Crippen molar-refractivity contribution in [3.05, 3.63) is 42.2 Å². The molecule has 0 amide bonds. The molecule has 0 atom stereocenters. The molecule has 2 N–H and O–H groups in total. The van der Waals surface area contributed by atoms with E-state index in [-0.39, 0.29) is 5.69 Å². The summed E-state index contributed by atoms with van der Waals surface area (Å²) >= 11 is 0. The first kappa shape index (κ1) is 14.2. The molecule has 3 rings (SSSR count). The van der Waals surface area contributed by atoms with Gasteiger partial charge in [0, 0.05) is 25.3 Å². The molecule has 0 aliphatic carbocycles. The highest BCUT2D eigenvalue weighted by atomic mass is 16.4. The number of aromatic carboxylic acids is 1. The molecule has 3 heterocycles. The summed E-state index contributed by atoms with van der Waals surface area (Å²) in [5.41, 5.74) is 0.0808. The van der Waals surface area contributed by atoms with E-state index in [1.807, 2.05) is 18.2 Å². The summed E-state index contributed by atoms with van der Waals surface area (Å²) in [7, 11) is 0. The Morgan fingerprint density at radius 2 is 2.05 bits per heavy atom. The van der Waals surface area contributed by atoms with E-state index in [1.54, 1.807) is 12.3 Å². The second-order valence-corrected chi connectivity index (χ2v) is 5.20. The van der Waals surface area contributed by atoms with Crippen molar-refractivity contribution < 1.29 is 9.90 Å². The standard InChI is InChI=1S/C15H17N5O2/c21-15(22)12-3-1-5-14(18-12)20-9-6-11(7-10-20)17-13-4-2-8-16-19-13/h1-5,8,11H,6-7,9-10H2,(H,17,19)(H,21,22). The number of hydrogen-bond acceptors (Lipinski definition) is 6. The molecule has 114 valence electrons. The smallest absolute Gasteiger partial charge is 0.354 e. The van der Waals surface area contributed by atoms with Crippen LogP contribution in [0, 0.1) is 0 Å². The highest BCUT2D eigenvalue weighted by Gasteiger charge is 2.21. The molecule has 7 heteroatoms. The third-order valence-electron chi connectivity index (χ3n) is 3.70. The summed E-state index contributed by atoms with van der Waals surface area (Å²) in [5, 5.41) is 20.3. The zero-order valence-corrected chi connectivity index (χ0v) is 12.0. The number of carboxylic acid groups (broad SMARTS) is 1. The third-order valence-corrected chi connectivity index (χ3v) is 3.70. The van der Waals surface area contributed by atoms with Gasteiger partial charge >= 0.3 is 5.97 Å². The summed E-state index contributed by atoms with van der Waals surface area (Å²) in [6, 6.07) is 9.19. The molecule has 0 saturated carbocycles. The van der Waals surface area contributed by atoms with E-state index in [1.165, 1.54) is 6.07 Å². The number of carboxylic acids is 1. The third kappa shape index (κ3) is 3.30. The summed E-state index contributed by atoms with van der Waals surface area (Å²) in [5.74, 6) is 0.505. The SMILES string of the molecule is O=C(O)c1cccc(N2CCC(Nc3cccnn3)CC2)n1. The number of pyridine rings is 1. The second kappa shape index (κ2) is 6.38. The molecule has 0 bridgehead atoms. The Morgan fingerprint density at radius 1 is 1.23 bits per heavy atom. The van der Waals surface area contributed by atoms with Crippen LogP contribution in [-0.4, -0.2) is 45.4 Å². The number of anilines is 2. The number of nitrogens with one attached hydrogen (secondary N) is 1. The van der Waals surface area contributed by atoms with Crippen LogP contribution in [0.1, 0.15) is 23.3 Å². The predicted octanol–water partition coefficient (Wildman–Crippen LogP) is 1.65. The lowest BCUT2D eigenvalue weighted by Gasteiger charge is -2.33. The van der Waals surface area contributed by atoms with Crippen LogP contribution in [0.4, 0.5) is 11.6 Å². The highest BCUT2D eigenvalue weighted by molar-refractivity contribution is 5.85. The van der Waals surface area contributed by atoms with Crippen molar-refractivity contribution in [1.82, 2.24) is 15.2 Å². The number of carbonyl (C=O) groups is 1. The summed E-state index contributed by atoms with van der Waals surface area (Å²) in [6.45, 7) is 1.65. The lowest BCUT2D eigenvalue weighted by atomic mass is 10.1. The van der Waals surface area contributed by atoms with Crippen molar-refractivity contribution in [2.45, 2.75) is 18.9 Å². The Bertz CT molecular complexity index is 641. The molecule has 1 saturated heterocycles. The van der Waals surface area contributed by atoms with Gasteiger partial charge in [0.1, 0.15) is 11.6 Å². The Labute approximate surface area is 128 Å². The zero-order chi connectivity index (χ0) is 15.4. The predicted molar refractivity (Wildman–Crippen MR) is 82.1 cm³/mol. The molecule has 2 aromatic rings. The largest absolute Gasteiger partial charge is 0.477 e. The van der Waals surface area contributed by atoms with Gasteiger partial charge < -0.3 is 15.3 Å². The topological polar surface area (TPSA) is 91.2 Å². The van der Waals surface area contributed by atoms with Crippen molar-refractivity contribution in [3.8, 4) is 0 Å². The number of rotatable bonds is 4. The van der Waals surface area contributed by atoms with Crippen LogP contribution in [0.5, 0.6) is 0 Å². The van der Waals surface area contributed by atoms with Gasteiger partial charge in [0.15, 0.2) is 5.69 Å². The number of piperidine rings is 1. The highest BCUT2D eigenvalue weighted by Crippen LogP contribution is 2.20. The van der Waals surface area contributed by atoms with Crippen LogP contribution in [0.25, 0.3) is 0 Å². The first-order valence-electron chi connectivity index (χ1n) is 7.22. The van der Waals surface area contributed by atoms with Gasteiger partial charge in [-0.2, -0.15) is 5.10 Å². The van der Waals surface area contributed by atoms with Crippen LogP contribution in [0.15, 0.2) is 36.5 Å². The zero-order valence-electron chi connectivity index (χ0n) is 12.0. The monoisotopic (exact) mass is 299 g/mol. The lowest BCUT2D eigenvalue weighted by molar-refractivity contribution is 0.0690. The molecule has 0 aromatic carbocycles. The minimum Gasteiger partial charge on any atom is -0.477 e. The van der Waals surface area contributed by atoms with E-state index in [4.69, 9.17) is 5.11 Å². The van der Waals surface area contributed by atoms with Gasteiger partial charge in [0.25, 0.3) is 0 Å². The summed E-state index contributed by atoms with van der Waals surface area (Å²) in [6.07, 6.45) is 3.53. The molecule has 2 aromatic heterocycles. The van der Waals surface area contributed by atoms with Gasteiger partial charge in [-0.25, -0.2) is 9.78 Å². The molecular formula is C15H17N5O2. The molecule has 0 unspecified atom stereocenters. The van der Waals surface area contributed by atoms with Gasteiger partial charge in [-0.15, -0.1) is 5.10 Å².